The van der Waals surface area contributed by atoms with E-state index >= 15 is 0 Å². The maximum atomic E-state index is 12.5. The summed E-state index contributed by atoms with van der Waals surface area (Å²) in [5, 5.41) is 10.9. The molecule has 2 aromatic rings. The van der Waals surface area contributed by atoms with Gasteiger partial charge in [-0.3, -0.25) is 9.48 Å². The van der Waals surface area contributed by atoms with Crippen LogP contribution < -0.4 is 10.6 Å². The number of nitrogens with one attached hydrogen (secondary N) is 2. The fourth-order valence-electron chi connectivity index (χ4n) is 4.25. The van der Waals surface area contributed by atoms with Gasteiger partial charge in [-0.2, -0.15) is 5.10 Å². The summed E-state index contributed by atoms with van der Waals surface area (Å²) in [7, 11) is 0. The minimum absolute atomic E-state index is 0.0136. The van der Waals surface area contributed by atoms with Crippen molar-refractivity contribution in [3.63, 3.8) is 0 Å². The summed E-state index contributed by atoms with van der Waals surface area (Å²) >= 11 is 0. The second-order valence-electron chi connectivity index (χ2n) is 7.35. The van der Waals surface area contributed by atoms with Gasteiger partial charge in [-0.05, 0) is 42.4 Å². The third-order valence-electron chi connectivity index (χ3n) is 5.54. The lowest BCUT2D eigenvalue weighted by atomic mass is 9.85. The maximum Gasteiger partial charge on any atom is 0.237 e. The van der Waals surface area contributed by atoms with Gasteiger partial charge in [0.25, 0.3) is 0 Å². The number of hydrogen-bond donors (Lipinski definition) is 2. The number of hydrogen-bond acceptors (Lipinski definition) is 3. The molecule has 3 unspecified atom stereocenters. The highest BCUT2D eigenvalue weighted by molar-refractivity contribution is 5.82. The lowest BCUT2D eigenvalue weighted by molar-refractivity contribution is -0.123. The number of benzene rings is 1. The van der Waals surface area contributed by atoms with Crippen LogP contribution >= 0.6 is 0 Å². The normalized spacial score (nSPS) is 25.5. The molecule has 1 amide bonds. The van der Waals surface area contributed by atoms with E-state index in [2.05, 4.69) is 33.9 Å². The largest absolute Gasteiger partial charge is 0.351 e. The Hall–Kier alpha value is -2.14. The summed E-state index contributed by atoms with van der Waals surface area (Å²) in [6.07, 6.45) is 9.86. The van der Waals surface area contributed by atoms with Gasteiger partial charge in [0, 0.05) is 25.0 Å². The van der Waals surface area contributed by atoms with Crippen LogP contribution in [0, 0.1) is 5.92 Å². The van der Waals surface area contributed by atoms with E-state index in [1.165, 1.54) is 31.2 Å². The topological polar surface area (TPSA) is 59.0 Å². The van der Waals surface area contributed by atoms with Crippen molar-refractivity contribution in [3.8, 4) is 0 Å². The lowest BCUT2D eigenvalue weighted by Crippen LogP contribution is -2.42. The standard InChI is InChI=1S/C20H26N4O/c25-20(19-12-17-7-1-2-8-18(17)23-19)21-13-15-5-3-6-16(11-15)14-24-10-4-9-22-24/h3-6,9-11,17-19,23H,1-2,7-8,12-14H2,(H,21,25). The Morgan fingerprint density at radius 2 is 2.12 bits per heavy atom. The maximum absolute atomic E-state index is 12.5. The Morgan fingerprint density at radius 3 is 2.96 bits per heavy atom. The van der Waals surface area contributed by atoms with Crippen molar-refractivity contribution >= 4 is 5.91 Å². The SMILES string of the molecule is O=C(NCc1cccc(Cn2cccn2)c1)C1CC2CCCCC2N1. The predicted octanol–water partition coefficient (Wildman–Crippen LogP) is 2.47. The molecule has 2 heterocycles. The molecule has 0 spiro atoms. The molecule has 2 aliphatic rings. The zero-order valence-electron chi connectivity index (χ0n) is 14.5. The summed E-state index contributed by atoms with van der Waals surface area (Å²) in [5.41, 5.74) is 2.33. The number of amides is 1. The summed E-state index contributed by atoms with van der Waals surface area (Å²) in [5.74, 6) is 0.841. The monoisotopic (exact) mass is 338 g/mol. The molecule has 2 fully saturated rings. The second kappa shape index (κ2) is 7.40. The molecule has 0 radical (unpaired) electrons. The molecule has 1 aliphatic heterocycles. The smallest absolute Gasteiger partial charge is 0.237 e. The lowest BCUT2D eigenvalue weighted by Gasteiger charge is -2.24. The number of aromatic nitrogens is 2. The molecular formula is C20H26N4O. The first-order chi connectivity index (χ1) is 12.3. The van der Waals surface area contributed by atoms with Crippen molar-refractivity contribution < 1.29 is 4.79 Å². The molecule has 5 nitrogen and oxygen atoms in total. The molecule has 2 N–H and O–H groups in total. The van der Waals surface area contributed by atoms with Crippen molar-refractivity contribution in [1.29, 1.82) is 0 Å². The van der Waals surface area contributed by atoms with E-state index in [9.17, 15) is 4.79 Å². The van der Waals surface area contributed by atoms with E-state index < -0.39 is 0 Å². The summed E-state index contributed by atoms with van der Waals surface area (Å²) in [4.78, 5) is 12.5. The van der Waals surface area contributed by atoms with E-state index in [1.807, 2.05) is 23.0 Å². The van der Waals surface area contributed by atoms with Gasteiger partial charge >= 0.3 is 0 Å². The van der Waals surface area contributed by atoms with E-state index in [-0.39, 0.29) is 11.9 Å². The Bertz CT molecular complexity index is 698. The second-order valence-corrected chi connectivity index (χ2v) is 7.35. The van der Waals surface area contributed by atoms with Gasteiger partial charge in [-0.25, -0.2) is 0 Å². The summed E-state index contributed by atoms with van der Waals surface area (Å²) in [6.45, 7) is 1.33. The van der Waals surface area contributed by atoms with Crippen molar-refractivity contribution in [1.82, 2.24) is 20.4 Å². The van der Waals surface area contributed by atoms with Gasteiger partial charge in [0.1, 0.15) is 0 Å². The number of fused-ring (bicyclic) bond motifs is 1. The molecule has 0 bridgehead atoms. The Labute approximate surface area is 148 Å². The van der Waals surface area contributed by atoms with Crippen molar-refractivity contribution in [2.75, 3.05) is 0 Å². The van der Waals surface area contributed by atoms with Crippen LogP contribution in [0.15, 0.2) is 42.7 Å². The fourth-order valence-corrected chi connectivity index (χ4v) is 4.25. The van der Waals surface area contributed by atoms with Crippen LogP contribution in [0.25, 0.3) is 0 Å². The Morgan fingerprint density at radius 1 is 1.24 bits per heavy atom. The number of nitrogens with zero attached hydrogens (tertiary/aromatic N) is 2. The molecule has 4 rings (SSSR count). The van der Waals surface area contributed by atoms with E-state index in [4.69, 9.17) is 0 Å². The highest BCUT2D eigenvalue weighted by Crippen LogP contribution is 2.33. The number of rotatable bonds is 5. The van der Waals surface area contributed by atoms with Gasteiger partial charge in [-0.15, -0.1) is 0 Å². The minimum Gasteiger partial charge on any atom is -0.351 e. The molecule has 1 saturated carbocycles. The van der Waals surface area contributed by atoms with Crippen LogP contribution in [0.3, 0.4) is 0 Å². The average Bonchev–Trinajstić information content (AvgIpc) is 3.29. The Balaban J connectivity index is 1.31. The van der Waals surface area contributed by atoms with Crippen molar-refractivity contribution in [3.05, 3.63) is 53.9 Å². The third-order valence-corrected chi connectivity index (χ3v) is 5.54. The molecule has 1 aromatic heterocycles. The average molecular weight is 338 g/mol. The molecule has 1 saturated heterocycles. The van der Waals surface area contributed by atoms with Crippen LogP contribution in [-0.2, 0) is 17.9 Å². The first kappa shape index (κ1) is 16.3. The fraction of sp³-hybridized carbons (Fsp3) is 0.500. The predicted molar refractivity (Wildman–Crippen MR) is 96.9 cm³/mol. The van der Waals surface area contributed by atoms with Crippen molar-refractivity contribution in [2.24, 2.45) is 5.92 Å². The molecule has 1 aromatic carbocycles. The van der Waals surface area contributed by atoms with Crippen molar-refractivity contribution in [2.45, 2.75) is 57.3 Å². The van der Waals surface area contributed by atoms with Crippen LogP contribution in [-0.4, -0.2) is 27.8 Å². The molecular weight excluding hydrogens is 312 g/mol. The van der Waals surface area contributed by atoms with Gasteiger partial charge in [0.2, 0.25) is 5.91 Å². The minimum atomic E-state index is -0.0136. The first-order valence-corrected chi connectivity index (χ1v) is 9.37. The summed E-state index contributed by atoms with van der Waals surface area (Å²) < 4.78 is 1.90. The van der Waals surface area contributed by atoms with Crippen LogP contribution in [0.1, 0.15) is 43.2 Å². The molecule has 5 heteroatoms. The molecule has 132 valence electrons. The van der Waals surface area contributed by atoms with Crippen LogP contribution in [0.2, 0.25) is 0 Å². The highest BCUT2D eigenvalue weighted by atomic mass is 16.2. The quantitative estimate of drug-likeness (QED) is 0.880. The summed E-state index contributed by atoms with van der Waals surface area (Å²) in [6, 6.07) is 10.8. The number of carbonyl (C=O) groups excluding carboxylic acids is 1. The van der Waals surface area contributed by atoms with Crippen LogP contribution in [0.4, 0.5) is 0 Å². The van der Waals surface area contributed by atoms with Gasteiger partial charge < -0.3 is 10.6 Å². The van der Waals surface area contributed by atoms with E-state index in [1.54, 1.807) is 6.20 Å². The van der Waals surface area contributed by atoms with Gasteiger partial charge in [0.15, 0.2) is 0 Å². The number of carbonyl (C=O) groups is 1. The van der Waals surface area contributed by atoms with E-state index in [0.29, 0.717) is 18.5 Å². The van der Waals surface area contributed by atoms with Gasteiger partial charge in [-0.1, -0.05) is 37.1 Å². The molecule has 25 heavy (non-hydrogen) atoms. The molecule has 3 atom stereocenters. The third kappa shape index (κ3) is 3.93. The first-order valence-electron chi connectivity index (χ1n) is 9.37. The molecule has 1 aliphatic carbocycles. The Kier molecular flexibility index (Phi) is 4.83. The van der Waals surface area contributed by atoms with Crippen LogP contribution in [0.5, 0.6) is 0 Å². The van der Waals surface area contributed by atoms with E-state index in [0.717, 1.165) is 18.5 Å². The highest BCUT2D eigenvalue weighted by Gasteiger charge is 2.37. The van der Waals surface area contributed by atoms with Gasteiger partial charge in [0.05, 0.1) is 12.6 Å². The zero-order chi connectivity index (χ0) is 17.1. The zero-order valence-corrected chi connectivity index (χ0v) is 14.5.